The topological polar surface area (TPSA) is 72.9 Å². The van der Waals surface area contributed by atoms with Crippen LogP contribution in [-0.2, 0) is 6.54 Å². The van der Waals surface area contributed by atoms with E-state index in [1.54, 1.807) is 0 Å². The second-order valence-corrected chi connectivity index (χ2v) is 4.17. The highest BCUT2D eigenvalue weighted by molar-refractivity contribution is 6.41. The molecule has 1 aromatic heterocycles. The Labute approximate surface area is 123 Å². The summed E-state index contributed by atoms with van der Waals surface area (Å²) in [4.78, 5) is 11.1. The van der Waals surface area contributed by atoms with Gasteiger partial charge in [0.25, 0.3) is 5.56 Å². The molecule has 21 heavy (non-hydrogen) atoms. The summed E-state index contributed by atoms with van der Waals surface area (Å²) in [5.74, 6) is 4.34. The van der Waals surface area contributed by atoms with Crippen LogP contribution in [0.2, 0.25) is 10.0 Å². The van der Waals surface area contributed by atoms with Gasteiger partial charge in [-0.05, 0) is 0 Å². The zero-order valence-electron chi connectivity index (χ0n) is 9.90. The molecule has 0 unspecified atom stereocenters. The third-order valence-electron chi connectivity index (χ3n) is 1.57. The molecule has 0 bridgehead atoms. The number of hydrogen-bond acceptors (Lipinski definition) is 4. The van der Waals surface area contributed by atoms with Crippen molar-refractivity contribution in [3.63, 3.8) is 0 Å². The summed E-state index contributed by atoms with van der Waals surface area (Å²) in [6, 6.07) is 0. The lowest BCUT2D eigenvalue weighted by atomic mass is 10.5. The van der Waals surface area contributed by atoms with Gasteiger partial charge in [0.2, 0.25) is 0 Å². The number of halogens is 8. The summed E-state index contributed by atoms with van der Waals surface area (Å²) in [6.07, 6.45) is -7.82. The smallest absolute Gasteiger partial charge is 0.271 e. The van der Waals surface area contributed by atoms with Crippen LogP contribution in [0.3, 0.4) is 0 Å². The van der Waals surface area contributed by atoms with E-state index in [0.717, 1.165) is 6.20 Å². The molecule has 3 N–H and O–H groups in total. The van der Waals surface area contributed by atoms with Gasteiger partial charge in [0.1, 0.15) is 18.1 Å². The maximum absolute atomic E-state index is 11.9. The van der Waals surface area contributed by atoms with Crippen molar-refractivity contribution in [1.29, 1.82) is 0 Å². The minimum absolute atomic E-state index is 0.171. The van der Waals surface area contributed by atoms with E-state index in [-0.39, 0.29) is 9.70 Å². The van der Waals surface area contributed by atoms with Crippen LogP contribution >= 0.6 is 23.2 Å². The zero-order chi connectivity index (χ0) is 16.8. The first-order chi connectivity index (χ1) is 9.37. The van der Waals surface area contributed by atoms with Gasteiger partial charge in [-0.3, -0.25) is 16.1 Å². The van der Waals surface area contributed by atoms with Gasteiger partial charge in [0, 0.05) is 0 Å². The molecule has 0 radical (unpaired) electrons. The first-order valence-corrected chi connectivity index (χ1v) is 5.61. The fraction of sp³-hybridized carbons (Fsp3) is 0.500. The maximum atomic E-state index is 11.9. The van der Waals surface area contributed by atoms with Gasteiger partial charge in [0.15, 0.2) is 0 Å². The van der Waals surface area contributed by atoms with E-state index in [4.69, 9.17) is 23.2 Å². The Morgan fingerprint density at radius 2 is 1.71 bits per heavy atom. The molecule has 0 aromatic carbocycles. The summed E-state index contributed by atoms with van der Waals surface area (Å²) in [6.45, 7) is -2.62. The van der Waals surface area contributed by atoms with E-state index in [2.05, 4.69) is 10.9 Å². The number of aromatic nitrogens is 2. The zero-order valence-corrected chi connectivity index (χ0v) is 11.4. The summed E-state index contributed by atoms with van der Waals surface area (Å²) in [5, 5.41) is 2.55. The van der Waals surface area contributed by atoms with Crippen LogP contribution < -0.4 is 16.8 Å². The fourth-order valence-corrected chi connectivity index (χ4v) is 1.11. The Balaban J connectivity index is 0.000000486. The van der Waals surface area contributed by atoms with E-state index in [9.17, 15) is 31.1 Å². The minimum Gasteiger partial charge on any atom is -0.271 e. The van der Waals surface area contributed by atoms with Gasteiger partial charge in [-0.15, -0.1) is 0 Å². The van der Waals surface area contributed by atoms with Crippen LogP contribution in [0.1, 0.15) is 0 Å². The van der Waals surface area contributed by atoms with Crippen molar-refractivity contribution in [2.75, 3.05) is 6.54 Å². The highest BCUT2D eigenvalue weighted by atomic mass is 35.5. The van der Waals surface area contributed by atoms with Gasteiger partial charge in [-0.1, -0.05) is 23.2 Å². The molecule has 13 heteroatoms. The van der Waals surface area contributed by atoms with Crippen LogP contribution in [0, 0.1) is 0 Å². The lowest BCUT2D eigenvalue weighted by Crippen LogP contribution is -2.33. The van der Waals surface area contributed by atoms with E-state index < -0.39 is 36.0 Å². The predicted molar refractivity (Wildman–Crippen MR) is 62.8 cm³/mol. The molecule has 0 fully saturated rings. The normalized spacial score (nSPS) is 11.9. The number of rotatable bonds is 2. The van der Waals surface area contributed by atoms with Crippen molar-refractivity contribution in [3.8, 4) is 0 Å². The fourth-order valence-electron chi connectivity index (χ4n) is 0.843. The Bertz CT molecular complexity index is 515. The number of alkyl halides is 6. The number of nitrogens with two attached hydrogens (primary N) is 1. The molecule has 0 atom stereocenters. The maximum Gasteiger partial charge on any atom is 0.408 e. The SMILES string of the molecule is NNCC(F)(F)F.O=c1c(Cl)c(Cl)cnn1CC(F)(F)F. The van der Waals surface area contributed by atoms with E-state index in [1.165, 1.54) is 5.43 Å². The van der Waals surface area contributed by atoms with Gasteiger partial charge in [-0.25, -0.2) is 4.68 Å². The molecule has 0 aliphatic heterocycles. The van der Waals surface area contributed by atoms with Crippen molar-refractivity contribution in [2.24, 2.45) is 5.84 Å². The lowest BCUT2D eigenvalue weighted by Gasteiger charge is -2.07. The highest BCUT2D eigenvalue weighted by Crippen LogP contribution is 2.18. The Morgan fingerprint density at radius 1 is 1.19 bits per heavy atom. The molecule has 0 spiro atoms. The van der Waals surface area contributed by atoms with Crippen LogP contribution in [0.25, 0.3) is 0 Å². The molecular formula is C8H8Cl2F6N4O. The second-order valence-electron chi connectivity index (χ2n) is 3.38. The number of nitrogens with zero attached hydrogens (tertiary/aromatic N) is 2. The molecule has 0 saturated carbocycles. The molecule has 0 aliphatic carbocycles. The third kappa shape index (κ3) is 8.75. The number of hydrogen-bond donors (Lipinski definition) is 2. The Hall–Kier alpha value is -1.04. The molecule has 122 valence electrons. The molecule has 0 saturated heterocycles. The van der Waals surface area contributed by atoms with Crippen LogP contribution in [0.5, 0.6) is 0 Å². The minimum atomic E-state index is -4.52. The van der Waals surface area contributed by atoms with Crippen molar-refractivity contribution in [3.05, 3.63) is 26.6 Å². The van der Waals surface area contributed by atoms with Gasteiger partial charge in [0.05, 0.1) is 11.2 Å². The molecular weight excluding hydrogens is 353 g/mol. The molecule has 1 heterocycles. The molecule has 1 aromatic rings. The van der Waals surface area contributed by atoms with Crippen molar-refractivity contribution < 1.29 is 26.3 Å². The highest BCUT2D eigenvalue weighted by Gasteiger charge is 2.29. The number of hydrazine groups is 1. The molecule has 0 amide bonds. The summed E-state index contributed by atoms with van der Waals surface area (Å²) in [7, 11) is 0. The first-order valence-electron chi connectivity index (χ1n) is 4.85. The van der Waals surface area contributed by atoms with E-state index >= 15 is 0 Å². The van der Waals surface area contributed by atoms with Crippen LogP contribution in [-0.4, -0.2) is 28.7 Å². The van der Waals surface area contributed by atoms with Crippen LogP contribution in [0.4, 0.5) is 26.3 Å². The molecule has 5 nitrogen and oxygen atoms in total. The standard InChI is InChI=1S/C6H3Cl2F3N2O.C2H5F3N2/c7-3-1-12-13(2-6(9,10)11)5(14)4(3)8;3-2(4,5)1-7-6/h1H,2H2;7H,1,6H2. The quantitative estimate of drug-likeness (QED) is 0.481. The van der Waals surface area contributed by atoms with Crippen LogP contribution in [0.15, 0.2) is 11.0 Å². The summed E-state index contributed by atoms with van der Waals surface area (Å²) < 4.78 is 68.6. The molecule has 0 aliphatic rings. The van der Waals surface area contributed by atoms with Crippen molar-refractivity contribution >= 4 is 23.2 Å². The van der Waals surface area contributed by atoms with Crippen molar-refractivity contribution in [2.45, 2.75) is 18.9 Å². The second kappa shape index (κ2) is 7.82. The third-order valence-corrected chi connectivity index (χ3v) is 2.32. The monoisotopic (exact) mass is 360 g/mol. The lowest BCUT2D eigenvalue weighted by molar-refractivity contribution is -0.143. The Kier molecular flexibility index (Phi) is 7.44. The average molecular weight is 361 g/mol. The summed E-state index contributed by atoms with van der Waals surface area (Å²) >= 11 is 10.7. The molecule has 1 rings (SSSR count). The predicted octanol–water partition coefficient (Wildman–Crippen LogP) is 2.12. The first kappa shape index (κ1) is 20.0. The van der Waals surface area contributed by atoms with E-state index in [1.807, 2.05) is 0 Å². The van der Waals surface area contributed by atoms with Crippen molar-refractivity contribution in [1.82, 2.24) is 15.2 Å². The summed E-state index contributed by atoms with van der Waals surface area (Å²) in [5.41, 5.74) is 0.424. The van der Waals surface area contributed by atoms with E-state index in [0.29, 0.717) is 0 Å². The Morgan fingerprint density at radius 3 is 2.05 bits per heavy atom. The van der Waals surface area contributed by atoms with Gasteiger partial charge in [-0.2, -0.15) is 31.4 Å². The van der Waals surface area contributed by atoms with Gasteiger partial charge < -0.3 is 0 Å². The average Bonchev–Trinajstić information content (AvgIpc) is 2.28. The largest absolute Gasteiger partial charge is 0.408 e. The number of nitrogens with one attached hydrogen (secondary N) is 1. The van der Waals surface area contributed by atoms with Gasteiger partial charge >= 0.3 is 12.4 Å².